The lowest BCUT2D eigenvalue weighted by Crippen LogP contribution is -2.12. The second-order valence-electron chi connectivity index (χ2n) is 3.37. The maximum atomic E-state index is 12.8. The van der Waals surface area contributed by atoms with E-state index in [9.17, 15) is 13.6 Å². The van der Waals surface area contributed by atoms with Crippen LogP contribution in [0.2, 0.25) is 5.02 Å². The molecule has 0 N–H and O–H groups in total. The van der Waals surface area contributed by atoms with E-state index >= 15 is 0 Å². The number of aromatic nitrogens is 1. The third-order valence-corrected chi connectivity index (χ3v) is 2.72. The van der Waals surface area contributed by atoms with Crippen LogP contribution in [0.25, 0.3) is 0 Å². The number of hydrogen-bond donors (Lipinski definition) is 0. The predicted molar refractivity (Wildman–Crippen MR) is 64.1 cm³/mol. The zero-order chi connectivity index (χ0) is 13.7. The van der Waals surface area contributed by atoms with E-state index in [1.54, 1.807) is 6.92 Å². The number of alkyl halides is 3. The average molecular weight is 298 g/mol. The molecule has 1 heterocycles. The lowest BCUT2D eigenvalue weighted by molar-refractivity contribution is -0.142. The molecule has 0 aromatic carbocycles. The normalized spacial score (nSPS) is 10.8. The lowest BCUT2D eigenvalue weighted by atomic mass is 10.1. The van der Waals surface area contributed by atoms with E-state index in [4.69, 9.17) is 27.9 Å². The van der Waals surface area contributed by atoms with Crippen LogP contribution in [0.4, 0.5) is 8.78 Å². The van der Waals surface area contributed by atoms with Gasteiger partial charge in [0.1, 0.15) is 0 Å². The van der Waals surface area contributed by atoms with Crippen LogP contribution in [0.1, 0.15) is 30.3 Å². The minimum absolute atomic E-state index is 0.0157. The van der Waals surface area contributed by atoms with Crippen molar-refractivity contribution in [3.05, 3.63) is 28.0 Å². The summed E-state index contributed by atoms with van der Waals surface area (Å²) in [6, 6.07) is 1.09. The molecular formula is C11H11Cl2F2NO2. The quantitative estimate of drug-likeness (QED) is 0.617. The fraction of sp³-hybridized carbons (Fsp3) is 0.455. The van der Waals surface area contributed by atoms with Gasteiger partial charge < -0.3 is 4.74 Å². The summed E-state index contributed by atoms with van der Waals surface area (Å²) in [6.07, 6.45) is -3.09. The molecule has 3 nitrogen and oxygen atoms in total. The number of rotatable bonds is 5. The molecule has 0 aliphatic heterocycles. The molecule has 0 atom stereocenters. The number of pyridine rings is 1. The highest BCUT2D eigenvalue weighted by Gasteiger charge is 2.20. The van der Waals surface area contributed by atoms with E-state index in [2.05, 4.69) is 4.98 Å². The molecule has 0 amide bonds. The third kappa shape index (κ3) is 3.78. The summed E-state index contributed by atoms with van der Waals surface area (Å²) < 4.78 is 30.3. The van der Waals surface area contributed by atoms with Gasteiger partial charge in [-0.05, 0) is 13.0 Å². The van der Waals surface area contributed by atoms with Gasteiger partial charge in [-0.15, -0.1) is 11.6 Å². The Bertz CT molecular complexity index is 441. The van der Waals surface area contributed by atoms with Crippen molar-refractivity contribution in [2.24, 2.45) is 0 Å². The van der Waals surface area contributed by atoms with E-state index in [1.165, 1.54) is 0 Å². The van der Waals surface area contributed by atoms with Gasteiger partial charge in [0, 0.05) is 5.56 Å². The van der Waals surface area contributed by atoms with Crippen molar-refractivity contribution in [1.29, 1.82) is 0 Å². The minimum atomic E-state index is -2.76. The van der Waals surface area contributed by atoms with Crippen molar-refractivity contribution >= 4 is 29.2 Å². The number of halogens is 4. The van der Waals surface area contributed by atoms with E-state index in [-0.39, 0.29) is 40.9 Å². The van der Waals surface area contributed by atoms with Crippen LogP contribution in [0.5, 0.6) is 0 Å². The Labute approximate surface area is 113 Å². The molecule has 0 aliphatic carbocycles. The van der Waals surface area contributed by atoms with Crippen LogP contribution in [0.3, 0.4) is 0 Å². The first-order valence-electron chi connectivity index (χ1n) is 5.17. The van der Waals surface area contributed by atoms with Gasteiger partial charge in [-0.2, -0.15) is 0 Å². The Morgan fingerprint density at radius 1 is 1.50 bits per heavy atom. The SMILES string of the molecule is CCOC(=O)Cc1nc(CCl)c(Cl)cc1C(F)F. The van der Waals surface area contributed by atoms with Crippen LogP contribution in [-0.4, -0.2) is 17.6 Å². The van der Waals surface area contributed by atoms with Crippen molar-refractivity contribution < 1.29 is 18.3 Å². The second kappa shape index (κ2) is 6.85. The molecule has 7 heteroatoms. The molecule has 0 spiro atoms. The van der Waals surface area contributed by atoms with Gasteiger partial charge in [0.2, 0.25) is 0 Å². The summed E-state index contributed by atoms with van der Waals surface area (Å²) in [5.74, 6) is -0.632. The van der Waals surface area contributed by atoms with Gasteiger partial charge in [0.05, 0.1) is 35.3 Å². The van der Waals surface area contributed by atoms with E-state index in [1.807, 2.05) is 0 Å². The minimum Gasteiger partial charge on any atom is -0.466 e. The molecule has 0 aliphatic rings. The van der Waals surface area contributed by atoms with E-state index in [0.29, 0.717) is 0 Å². The van der Waals surface area contributed by atoms with Gasteiger partial charge in [0.15, 0.2) is 0 Å². The molecule has 1 aromatic heterocycles. The van der Waals surface area contributed by atoms with Crippen LogP contribution in [0, 0.1) is 0 Å². The largest absolute Gasteiger partial charge is 0.466 e. The molecule has 0 fully saturated rings. The van der Waals surface area contributed by atoms with Gasteiger partial charge >= 0.3 is 5.97 Å². The second-order valence-corrected chi connectivity index (χ2v) is 4.04. The molecule has 1 aromatic rings. The number of ether oxygens (including phenoxy) is 1. The highest BCUT2D eigenvalue weighted by Crippen LogP contribution is 2.28. The van der Waals surface area contributed by atoms with Crippen molar-refractivity contribution in [1.82, 2.24) is 4.98 Å². The average Bonchev–Trinajstić information content (AvgIpc) is 2.30. The smallest absolute Gasteiger partial charge is 0.311 e. The number of esters is 1. The molecule has 0 unspecified atom stereocenters. The number of carbonyl (C=O) groups excluding carboxylic acids is 1. The summed E-state index contributed by atoms with van der Waals surface area (Å²) in [7, 11) is 0. The van der Waals surface area contributed by atoms with Crippen LogP contribution < -0.4 is 0 Å². The monoisotopic (exact) mass is 297 g/mol. The molecule has 0 saturated heterocycles. The molecule has 1 rings (SSSR count). The van der Waals surface area contributed by atoms with Crippen molar-refractivity contribution in [3.63, 3.8) is 0 Å². The fourth-order valence-electron chi connectivity index (χ4n) is 1.36. The highest BCUT2D eigenvalue weighted by atomic mass is 35.5. The first-order valence-corrected chi connectivity index (χ1v) is 6.08. The van der Waals surface area contributed by atoms with Crippen molar-refractivity contribution in [2.75, 3.05) is 6.61 Å². The van der Waals surface area contributed by atoms with Crippen LogP contribution >= 0.6 is 23.2 Å². The first-order chi connectivity index (χ1) is 8.49. The van der Waals surface area contributed by atoms with Gasteiger partial charge in [-0.3, -0.25) is 9.78 Å². The Kier molecular flexibility index (Phi) is 5.75. The molecular weight excluding hydrogens is 287 g/mol. The first kappa shape index (κ1) is 15.1. The maximum Gasteiger partial charge on any atom is 0.311 e. The molecule has 0 saturated carbocycles. The number of hydrogen-bond acceptors (Lipinski definition) is 3. The Morgan fingerprint density at radius 2 is 2.17 bits per heavy atom. The number of carbonyl (C=O) groups is 1. The molecule has 0 radical (unpaired) electrons. The predicted octanol–water partition coefficient (Wildman–Crippen LogP) is 3.52. The Morgan fingerprint density at radius 3 is 2.67 bits per heavy atom. The summed E-state index contributed by atoms with van der Waals surface area (Å²) in [4.78, 5) is 15.2. The molecule has 0 bridgehead atoms. The summed E-state index contributed by atoms with van der Waals surface area (Å²) >= 11 is 11.3. The zero-order valence-corrected chi connectivity index (χ0v) is 11.1. The molecule has 100 valence electrons. The highest BCUT2D eigenvalue weighted by molar-refractivity contribution is 6.32. The van der Waals surface area contributed by atoms with Gasteiger partial charge in [-0.25, -0.2) is 8.78 Å². The number of nitrogens with zero attached hydrogens (tertiary/aromatic N) is 1. The zero-order valence-electron chi connectivity index (χ0n) is 9.55. The summed E-state index contributed by atoms with van der Waals surface area (Å²) in [5.41, 5.74) is -0.160. The Hall–Kier alpha value is -0.940. The molecule has 18 heavy (non-hydrogen) atoms. The topological polar surface area (TPSA) is 39.2 Å². The summed E-state index contributed by atoms with van der Waals surface area (Å²) in [5, 5.41) is 0.0629. The standard InChI is InChI=1S/C11H11Cl2F2NO2/c1-2-18-10(17)4-8-6(11(14)15)3-7(13)9(5-12)16-8/h3,11H,2,4-5H2,1H3. The maximum absolute atomic E-state index is 12.8. The third-order valence-electron chi connectivity index (χ3n) is 2.14. The van der Waals surface area contributed by atoms with Crippen molar-refractivity contribution in [2.45, 2.75) is 25.7 Å². The van der Waals surface area contributed by atoms with Gasteiger partial charge in [-0.1, -0.05) is 11.6 Å². The lowest BCUT2D eigenvalue weighted by Gasteiger charge is -2.10. The Balaban J connectivity index is 3.10. The summed E-state index contributed by atoms with van der Waals surface area (Å²) in [6.45, 7) is 1.81. The van der Waals surface area contributed by atoms with Crippen LogP contribution in [-0.2, 0) is 21.8 Å². The van der Waals surface area contributed by atoms with E-state index < -0.39 is 12.4 Å². The fourth-order valence-corrected chi connectivity index (χ4v) is 1.86. The van der Waals surface area contributed by atoms with E-state index in [0.717, 1.165) is 6.07 Å². The van der Waals surface area contributed by atoms with Crippen molar-refractivity contribution in [3.8, 4) is 0 Å². The van der Waals surface area contributed by atoms with Gasteiger partial charge in [0.25, 0.3) is 6.43 Å². The van der Waals surface area contributed by atoms with Crippen LogP contribution in [0.15, 0.2) is 6.07 Å².